The number of nitrogens with zero attached hydrogens (tertiary/aromatic N) is 2. The lowest BCUT2D eigenvalue weighted by Crippen LogP contribution is -2.38. The lowest BCUT2D eigenvalue weighted by atomic mass is 9.84. The number of ether oxygens (including phenoxy) is 1. The average molecular weight is 260 g/mol. The molecule has 102 valence electrons. The molecular weight excluding hydrogens is 240 g/mol. The Morgan fingerprint density at radius 2 is 2.21 bits per heavy atom. The predicted octanol–water partition coefficient (Wildman–Crippen LogP) is 2.17. The van der Waals surface area contributed by atoms with E-state index in [4.69, 9.17) is 4.74 Å². The first-order valence-electron chi connectivity index (χ1n) is 7.11. The number of hydrogen-bond acceptors (Lipinski definition) is 3. The summed E-state index contributed by atoms with van der Waals surface area (Å²) in [4.78, 5) is 18.4. The van der Waals surface area contributed by atoms with E-state index >= 15 is 0 Å². The fourth-order valence-corrected chi connectivity index (χ4v) is 2.69. The van der Waals surface area contributed by atoms with Gasteiger partial charge in [0.1, 0.15) is 6.10 Å². The van der Waals surface area contributed by atoms with Gasteiger partial charge in [0.15, 0.2) is 0 Å². The molecule has 1 amide bonds. The first kappa shape index (κ1) is 12.5. The van der Waals surface area contributed by atoms with Crippen molar-refractivity contribution in [1.82, 2.24) is 9.88 Å². The Balaban J connectivity index is 1.55. The molecule has 1 aliphatic heterocycles. The van der Waals surface area contributed by atoms with Crippen LogP contribution in [0.1, 0.15) is 31.4 Å². The molecule has 1 aliphatic carbocycles. The van der Waals surface area contributed by atoms with Crippen LogP contribution in [0.25, 0.3) is 0 Å². The summed E-state index contributed by atoms with van der Waals surface area (Å²) >= 11 is 0. The van der Waals surface area contributed by atoms with E-state index in [1.165, 1.54) is 6.42 Å². The Morgan fingerprint density at radius 1 is 1.37 bits per heavy atom. The van der Waals surface area contributed by atoms with Crippen LogP contribution in [0.2, 0.25) is 0 Å². The summed E-state index contributed by atoms with van der Waals surface area (Å²) in [5.74, 6) is 1.29. The minimum atomic E-state index is 0.0957. The minimum absolute atomic E-state index is 0.0957. The maximum Gasteiger partial charge on any atom is 0.225 e. The van der Waals surface area contributed by atoms with Crippen LogP contribution < -0.4 is 4.74 Å². The molecule has 0 bridgehead atoms. The molecule has 0 aromatic carbocycles. The van der Waals surface area contributed by atoms with Gasteiger partial charge in [-0.3, -0.25) is 4.79 Å². The van der Waals surface area contributed by atoms with Gasteiger partial charge in [-0.05, 0) is 25.8 Å². The highest BCUT2D eigenvalue weighted by Crippen LogP contribution is 2.29. The predicted molar refractivity (Wildman–Crippen MR) is 71.9 cm³/mol. The van der Waals surface area contributed by atoms with Crippen LogP contribution in [-0.2, 0) is 4.79 Å². The Morgan fingerprint density at radius 3 is 2.89 bits per heavy atom. The molecule has 0 radical (unpaired) electrons. The number of aromatic nitrogens is 1. The highest BCUT2D eigenvalue weighted by Gasteiger charge is 2.34. The Labute approximate surface area is 113 Å². The van der Waals surface area contributed by atoms with Crippen molar-refractivity contribution < 1.29 is 9.53 Å². The van der Waals surface area contributed by atoms with Crippen molar-refractivity contribution >= 4 is 5.91 Å². The van der Waals surface area contributed by atoms with Crippen LogP contribution in [0.15, 0.2) is 18.2 Å². The summed E-state index contributed by atoms with van der Waals surface area (Å²) in [6, 6.07) is 5.78. The first-order valence-corrected chi connectivity index (χ1v) is 7.11. The van der Waals surface area contributed by atoms with Crippen LogP contribution >= 0.6 is 0 Å². The summed E-state index contributed by atoms with van der Waals surface area (Å²) in [6.45, 7) is 3.49. The van der Waals surface area contributed by atoms with Gasteiger partial charge in [0.25, 0.3) is 0 Å². The fraction of sp³-hybridized carbons (Fsp3) is 0.600. The topological polar surface area (TPSA) is 42.4 Å². The molecule has 2 fully saturated rings. The van der Waals surface area contributed by atoms with E-state index in [9.17, 15) is 4.79 Å². The second-order valence-electron chi connectivity index (χ2n) is 5.56. The van der Waals surface area contributed by atoms with Crippen LogP contribution in [0.4, 0.5) is 0 Å². The first-order chi connectivity index (χ1) is 9.22. The van der Waals surface area contributed by atoms with Crippen molar-refractivity contribution in [2.75, 3.05) is 13.1 Å². The van der Waals surface area contributed by atoms with Crippen molar-refractivity contribution in [1.29, 1.82) is 0 Å². The van der Waals surface area contributed by atoms with Crippen molar-refractivity contribution in [3.8, 4) is 5.88 Å². The molecule has 1 aromatic heterocycles. The van der Waals surface area contributed by atoms with Crippen LogP contribution in [0.5, 0.6) is 5.88 Å². The third-order valence-electron chi connectivity index (χ3n) is 4.06. The van der Waals surface area contributed by atoms with E-state index in [2.05, 4.69) is 4.98 Å². The van der Waals surface area contributed by atoms with Gasteiger partial charge in [0.05, 0.1) is 6.54 Å². The SMILES string of the molecule is Cc1cccc(OC2CCN(C(=O)C3CCC3)C2)n1. The van der Waals surface area contributed by atoms with E-state index in [0.29, 0.717) is 18.3 Å². The molecule has 1 atom stereocenters. The van der Waals surface area contributed by atoms with Gasteiger partial charge in [-0.25, -0.2) is 4.98 Å². The summed E-state index contributed by atoms with van der Waals surface area (Å²) < 4.78 is 5.86. The Bertz CT molecular complexity index is 471. The monoisotopic (exact) mass is 260 g/mol. The highest BCUT2D eigenvalue weighted by atomic mass is 16.5. The lowest BCUT2D eigenvalue weighted by molar-refractivity contribution is -0.137. The minimum Gasteiger partial charge on any atom is -0.472 e. The standard InChI is InChI=1S/C15H20N2O2/c1-11-4-2-7-14(16-11)19-13-8-9-17(10-13)15(18)12-5-3-6-12/h2,4,7,12-13H,3,5-6,8-10H2,1H3. The largest absolute Gasteiger partial charge is 0.472 e. The maximum absolute atomic E-state index is 12.1. The molecule has 2 aliphatic rings. The van der Waals surface area contributed by atoms with E-state index < -0.39 is 0 Å². The van der Waals surface area contributed by atoms with E-state index in [-0.39, 0.29) is 12.0 Å². The molecule has 1 unspecified atom stereocenters. The number of aryl methyl sites for hydroxylation is 1. The van der Waals surface area contributed by atoms with Gasteiger partial charge in [0.2, 0.25) is 11.8 Å². The molecule has 2 heterocycles. The summed E-state index contributed by atoms with van der Waals surface area (Å²) in [5.41, 5.74) is 0.956. The molecule has 1 aromatic rings. The zero-order valence-corrected chi connectivity index (χ0v) is 11.3. The van der Waals surface area contributed by atoms with Crippen molar-refractivity contribution in [3.63, 3.8) is 0 Å². The molecule has 0 N–H and O–H groups in total. The molecule has 1 saturated carbocycles. The molecule has 3 rings (SSSR count). The number of rotatable bonds is 3. The second kappa shape index (κ2) is 5.19. The van der Waals surface area contributed by atoms with E-state index in [1.807, 2.05) is 30.0 Å². The number of carbonyl (C=O) groups excluding carboxylic acids is 1. The van der Waals surface area contributed by atoms with Crippen LogP contribution in [-0.4, -0.2) is 35.0 Å². The third kappa shape index (κ3) is 2.72. The summed E-state index contributed by atoms with van der Waals surface area (Å²) in [7, 11) is 0. The van der Waals surface area contributed by atoms with Crippen LogP contribution in [0.3, 0.4) is 0 Å². The second-order valence-corrected chi connectivity index (χ2v) is 5.56. The number of carbonyl (C=O) groups is 1. The molecular formula is C15H20N2O2. The van der Waals surface area contributed by atoms with Gasteiger partial charge in [-0.2, -0.15) is 0 Å². The van der Waals surface area contributed by atoms with Crippen molar-refractivity contribution in [2.45, 2.75) is 38.7 Å². The molecule has 1 saturated heterocycles. The maximum atomic E-state index is 12.1. The van der Waals surface area contributed by atoms with Gasteiger partial charge in [-0.1, -0.05) is 12.5 Å². The van der Waals surface area contributed by atoms with E-state index in [0.717, 1.165) is 31.5 Å². The van der Waals surface area contributed by atoms with Crippen LogP contribution in [0, 0.1) is 12.8 Å². The average Bonchev–Trinajstić information content (AvgIpc) is 2.75. The summed E-state index contributed by atoms with van der Waals surface area (Å²) in [6.07, 6.45) is 4.35. The van der Waals surface area contributed by atoms with Crippen molar-refractivity contribution in [2.24, 2.45) is 5.92 Å². The normalized spacial score (nSPS) is 23.2. The summed E-state index contributed by atoms with van der Waals surface area (Å²) in [5, 5.41) is 0. The van der Waals surface area contributed by atoms with Crippen molar-refractivity contribution in [3.05, 3.63) is 23.9 Å². The van der Waals surface area contributed by atoms with E-state index in [1.54, 1.807) is 0 Å². The molecule has 4 heteroatoms. The molecule has 4 nitrogen and oxygen atoms in total. The number of pyridine rings is 1. The Hall–Kier alpha value is -1.58. The number of likely N-dealkylation sites (tertiary alicyclic amines) is 1. The smallest absolute Gasteiger partial charge is 0.225 e. The third-order valence-corrected chi connectivity index (χ3v) is 4.06. The Kier molecular flexibility index (Phi) is 3.40. The van der Waals surface area contributed by atoms with Gasteiger partial charge in [0, 0.05) is 30.6 Å². The quantitative estimate of drug-likeness (QED) is 0.836. The molecule has 19 heavy (non-hydrogen) atoms. The molecule has 0 spiro atoms. The lowest BCUT2D eigenvalue weighted by Gasteiger charge is -2.29. The fourth-order valence-electron chi connectivity index (χ4n) is 2.69. The zero-order chi connectivity index (χ0) is 13.2. The highest BCUT2D eigenvalue weighted by molar-refractivity contribution is 5.79. The van der Waals surface area contributed by atoms with Gasteiger partial charge >= 0.3 is 0 Å². The van der Waals surface area contributed by atoms with Gasteiger partial charge in [-0.15, -0.1) is 0 Å². The zero-order valence-electron chi connectivity index (χ0n) is 11.3. The number of hydrogen-bond donors (Lipinski definition) is 0. The van der Waals surface area contributed by atoms with Gasteiger partial charge < -0.3 is 9.64 Å². The number of amides is 1.